The average Bonchev–Trinajstić information content (AvgIpc) is 3.15. The number of likely N-dealkylation sites (tertiary alicyclic amines) is 1. The van der Waals surface area contributed by atoms with Crippen molar-refractivity contribution in [1.82, 2.24) is 24.2 Å². The maximum absolute atomic E-state index is 13.1. The van der Waals surface area contributed by atoms with Gasteiger partial charge in [-0.05, 0) is 26.7 Å². The van der Waals surface area contributed by atoms with Crippen molar-refractivity contribution in [3.05, 3.63) is 31.9 Å². The van der Waals surface area contributed by atoms with Crippen LogP contribution in [-0.4, -0.2) is 43.2 Å². The summed E-state index contributed by atoms with van der Waals surface area (Å²) in [5, 5.41) is 5.44. The quantitative estimate of drug-likeness (QED) is 0.821. The lowest BCUT2D eigenvalue weighted by atomic mass is 9.97. The molecule has 0 aliphatic carbocycles. The molecule has 0 radical (unpaired) electrons. The van der Waals surface area contributed by atoms with Gasteiger partial charge in [0.1, 0.15) is 10.7 Å². The topological polar surface area (TPSA) is 73.0 Å². The fraction of sp³-hybridized carbons (Fsp3) is 0.667. The highest BCUT2D eigenvalue weighted by Crippen LogP contribution is 2.30. The Bertz CT molecular complexity index is 864. The Labute approximate surface area is 157 Å². The van der Waals surface area contributed by atoms with Crippen LogP contribution in [0.2, 0.25) is 0 Å². The molecule has 2 aromatic heterocycles. The number of amides is 1. The van der Waals surface area contributed by atoms with Crippen LogP contribution in [0.3, 0.4) is 0 Å². The number of aryl methyl sites for hydroxylation is 2. The minimum Gasteiger partial charge on any atom is -0.337 e. The number of hydrogen-bond acceptors (Lipinski definition) is 5. The lowest BCUT2D eigenvalue weighted by Gasteiger charge is -2.32. The molecule has 3 heterocycles. The lowest BCUT2D eigenvalue weighted by molar-refractivity contribution is 0.0707. The molecule has 2 aromatic rings. The molecule has 8 heteroatoms. The molecule has 0 aromatic carbocycles. The van der Waals surface area contributed by atoms with Gasteiger partial charge in [0.2, 0.25) is 0 Å². The van der Waals surface area contributed by atoms with E-state index in [1.807, 2.05) is 18.7 Å². The van der Waals surface area contributed by atoms with Crippen LogP contribution in [0.4, 0.5) is 0 Å². The average molecular weight is 378 g/mol. The van der Waals surface area contributed by atoms with Crippen LogP contribution in [0.25, 0.3) is 0 Å². The van der Waals surface area contributed by atoms with Crippen molar-refractivity contribution >= 4 is 17.2 Å². The van der Waals surface area contributed by atoms with Crippen molar-refractivity contribution in [3.8, 4) is 0 Å². The van der Waals surface area contributed by atoms with Gasteiger partial charge < -0.3 is 4.90 Å². The second-order valence-electron chi connectivity index (χ2n) is 7.22. The molecule has 142 valence electrons. The van der Waals surface area contributed by atoms with E-state index in [9.17, 15) is 9.59 Å². The molecule has 0 saturated carbocycles. The maximum atomic E-state index is 13.1. The monoisotopic (exact) mass is 377 g/mol. The van der Waals surface area contributed by atoms with Gasteiger partial charge in [-0.25, -0.2) is 14.5 Å². The Morgan fingerprint density at radius 2 is 2.12 bits per heavy atom. The molecule has 1 fully saturated rings. The highest BCUT2D eigenvalue weighted by atomic mass is 32.1. The van der Waals surface area contributed by atoms with Crippen molar-refractivity contribution < 1.29 is 4.79 Å². The van der Waals surface area contributed by atoms with Crippen molar-refractivity contribution in [2.45, 2.75) is 58.9 Å². The zero-order valence-electron chi connectivity index (χ0n) is 16.2. The van der Waals surface area contributed by atoms with Gasteiger partial charge in [-0.15, -0.1) is 11.3 Å². The van der Waals surface area contributed by atoms with E-state index in [-0.39, 0.29) is 17.5 Å². The summed E-state index contributed by atoms with van der Waals surface area (Å²) in [5.41, 5.74) is 0.722. The summed E-state index contributed by atoms with van der Waals surface area (Å²) in [5.74, 6) is 1.26. The Hall–Kier alpha value is -1.96. The molecular weight excluding hydrogens is 350 g/mol. The molecule has 7 nitrogen and oxygen atoms in total. The van der Waals surface area contributed by atoms with Crippen molar-refractivity contribution in [1.29, 1.82) is 0 Å². The van der Waals surface area contributed by atoms with Crippen molar-refractivity contribution in [3.63, 3.8) is 0 Å². The van der Waals surface area contributed by atoms with E-state index in [4.69, 9.17) is 0 Å². The molecule has 0 unspecified atom stereocenters. The van der Waals surface area contributed by atoms with E-state index in [0.29, 0.717) is 19.0 Å². The Morgan fingerprint density at radius 1 is 1.38 bits per heavy atom. The van der Waals surface area contributed by atoms with Gasteiger partial charge >= 0.3 is 5.69 Å². The smallest absolute Gasteiger partial charge is 0.337 e. The molecule has 1 atom stereocenters. The number of aromatic nitrogens is 4. The highest BCUT2D eigenvalue weighted by Gasteiger charge is 2.31. The third-order valence-electron chi connectivity index (χ3n) is 4.93. The molecule has 0 N–H and O–H groups in total. The van der Waals surface area contributed by atoms with Crippen LogP contribution < -0.4 is 5.69 Å². The van der Waals surface area contributed by atoms with Gasteiger partial charge in [0.05, 0.1) is 10.7 Å². The zero-order chi connectivity index (χ0) is 19.0. The van der Waals surface area contributed by atoms with E-state index in [0.717, 1.165) is 40.8 Å². The highest BCUT2D eigenvalue weighted by molar-refractivity contribution is 7.13. The predicted molar refractivity (Wildman–Crippen MR) is 102 cm³/mol. The fourth-order valence-electron chi connectivity index (χ4n) is 3.50. The van der Waals surface area contributed by atoms with Crippen LogP contribution in [-0.2, 0) is 13.6 Å². The van der Waals surface area contributed by atoms with Crippen molar-refractivity contribution in [2.75, 3.05) is 13.1 Å². The number of piperidine rings is 1. The summed E-state index contributed by atoms with van der Waals surface area (Å²) in [6, 6.07) is 0. The minimum atomic E-state index is -0.0918. The van der Waals surface area contributed by atoms with E-state index in [1.165, 1.54) is 16.0 Å². The van der Waals surface area contributed by atoms with Crippen LogP contribution in [0, 0.1) is 6.92 Å². The summed E-state index contributed by atoms with van der Waals surface area (Å²) in [6.45, 7) is 9.98. The first-order chi connectivity index (χ1) is 12.3. The number of carbonyl (C=O) groups excluding carboxylic acids is 1. The zero-order valence-corrected chi connectivity index (χ0v) is 17.0. The van der Waals surface area contributed by atoms with Crippen LogP contribution >= 0.6 is 11.3 Å². The van der Waals surface area contributed by atoms with E-state index in [2.05, 4.69) is 23.9 Å². The van der Waals surface area contributed by atoms with Crippen LogP contribution in [0.5, 0.6) is 0 Å². The van der Waals surface area contributed by atoms with Crippen molar-refractivity contribution in [2.24, 2.45) is 7.05 Å². The molecule has 1 saturated heterocycles. The normalized spacial score (nSPS) is 17.9. The third kappa shape index (κ3) is 3.34. The Kier molecular flexibility index (Phi) is 5.32. The van der Waals surface area contributed by atoms with Gasteiger partial charge in [-0.1, -0.05) is 13.8 Å². The standard InChI is InChI=1S/C18H27N5O2S/c1-6-23-15(20-21(5)18(23)25)13-8-7-9-22(10-13)17(24)14-12(4)19-16(26-14)11(2)3/h11,13H,6-10H2,1-5H3/t13-/m0/s1. The van der Waals surface area contributed by atoms with Gasteiger partial charge in [0.15, 0.2) is 0 Å². The lowest BCUT2D eigenvalue weighted by Crippen LogP contribution is -2.40. The number of hydrogen-bond donors (Lipinski definition) is 0. The predicted octanol–water partition coefficient (Wildman–Crippen LogP) is 2.51. The SMILES string of the molecule is CCn1c([C@H]2CCCN(C(=O)c3sc(C(C)C)nc3C)C2)nn(C)c1=O. The Balaban J connectivity index is 1.84. The van der Waals surface area contributed by atoms with Gasteiger partial charge in [0.25, 0.3) is 5.91 Å². The van der Waals surface area contributed by atoms with Crippen LogP contribution in [0.15, 0.2) is 4.79 Å². The first-order valence-electron chi connectivity index (χ1n) is 9.23. The molecular formula is C18H27N5O2S. The number of rotatable bonds is 4. The minimum absolute atomic E-state index is 0.0536. The largest absolute Gasteiger partial charge is 0.345 e. The summed E-state index contributed by atoms with van der Waals surface area (Å²) in [6.07, 6.45) is 1.86. The molecule has 1 amide bonds. The maximum Gasteiger partial charge on any atom is 0.345 e. The molecule has 0 bridgehead atoms. The van der Waals surface area contributed by atoms with E-state index < -0.39 is 0 Å². The van der Waals surface area contributed by atoms with Gasteiger partial charge in [0, 0.05) is 38.5 Å². The first kappa shape index (κ1) is 18.8. The summed E-state index contributed by atoms with van der Waals surface area (Å²) in [4.78, 5) is 32.4. The Morgan fingerprint density at radius 3 is 2.73 bits per heavy atom. The summed E-state index contributed by atoms with van der Waals surface area (Å²) in [7, 11) is 1.68. The molecule has 1 aliphatic rings. The fourth-order valence-corrected chi connectivity index (χ4v) is 4.54. The molecule has 3 rings (SSSR count). The van der Waals surface area contributed by atoms with E-state index in [1.54, 1.807) is 11.6 Å². The summed E-state index contributed by atoms with van der Waals surface area (Å²) < 4.78 is 3.11. The number of carbonyl (C=O) groups is 1. The van der Waals surface area contributed by atoms with Crippen LogP contribution in [0.1, 0.15) is 71.6 Å². The van der Waals surface area contributed by atoms with Gasteiger partial charge in [-0.2, -0.15) is 5.10 Å². The summed E-state index contributed by atoms with van der Waals surface area (Å²) >= 11 is 1.50. The molecule has 26 heavy (non-hydrogen) atoms. The van der Waals surface area contributed by atoms with Gasteiger partial charge in [-0.3, -0.25) is 9.36 Å². The first-order valence-corrected chi connectivity index (χ1v) is 10.0. The number of nitrogens with zero attached hydrogens (tertiary/aromatic N) is 5. The second kappa shape index (κ2) is 7.34. The third-order valence-corrected chi connectivity index (χ3v) is 6.37. The second-order valence-corrected chi connectivity index (χ2v) is 8.25. The number of thiazole rings is 1. The van der Waals surface area contributed by atoms with E-state index >= 15 is 0 Å². The molecule has 0 spiro atoms. The molecule has 1 aliphatic heterocycles.